The number of hydrogen-bond donors (Lipinski definition) is 0. The first-order valence-electron chi connectivity index (χ1n) is 4.51. The minimum Gasteiger partial charge on any atom is -0.465 e. The molecule has 0 amide bonds. The first kappa shape index (κ1) is 13.0. The fraction of sp³-hybridized carbons (Fsp3) is 0.300. The fourth-order valence-electron chi connectivity index (χ4n) is 0.958. The summed E-state index contributed by atoms with van der Waals surface area (Å²) in [6.07, 6.45) is 0.720. The van der Waals surface area contributed by atoms with Gasteiger partial charge >= 0.3 is 5.97 Å². The topological polar surface area (TPSA) is 56.3 Å². The maximum absolute atomic E-state index is 10.7. The molecule has 0 aliphatic heterocycles. The lowest BCUT2D eigenvalue weighted by molar-refractivity contribution is -0.140. The molecule has 0 fully saturated rings. The van der Waals surface area contributed by atoms with Crippen LogP contribution in [0.2, 0.25) is 5.15 Å². The van der Waals surface area contributed by atoms with E-state index in [1.807, 2.05) is 0 Å². The normalized spacial score (nSPS) is 9.88. The van der Waals surface area contributed by atoms with Gasteiger partial charge in [-0.05, 0) is 12.1 Å². The summed E-state index contributed by atoms with van der Waals surface area (Å²) in [5.74, 6) is 0.212. The highest BCUT2D eigenvalue weighted by Gasteiger charge is 2.05. The van der Waals surface area contributed by atoms with E-state index in [0.29, 0.717) is 21.5 Å². The molecule has 86 valence electrons. The molecule has 0 aliphatic rings. The number of halogens is 1. The van der Waals surface area contributed by atoms with E-state index in [-0.39, 0.29) is 12.6 Å². The van der Waals surface area contributed by atoms with Gasteiger partial charge in [-0.3, -0.25) is 9.59 Å². The molecule has 0 saturated heterocycles. The first-order valence-corrected chi connectivity index (χ1v) is 5.87. The van der Waals surface area contributed by atoms with E-state index < -0.39 is 0 Å². The summed E-state index contributed by atoms with van der Waals surface area (Å²) < 4.78 is 4.76. The summed E-state index contributed by atoms with van der Waals surface area (Å²) in [5.41, 5.74) is 0.484. The van der Waals surface area contributed by atoms with E-state index in [0.717, 1.165) is 6.29 Å². The predicted molar refractivity (Wildman–Crippen MR) is 62.0 cm³/mol. The molecule has 0 unspecified atom stereocenters. The zero-order valence-corrected chi connectivity index (χ0v) is 10.2. The van der Waals surface area contributed by atoms with Crippen LogP contribution >= 0.6 is 23.4 Å². The van der Waals surface area contributed by atoms with Crippen LogP contribution in [0, 0.1) is 0 Å². The fourth-order valence-corrected chi connectivity index (χ4v) is 1.96. The molecule has 1 heterocycles. The van der Waals surface area contributed by atoms with Gasteiger partial charge in [-0.1, -0.05) is 11.6 Å². The van der Waals surface area contributed by atoms with Crippen LogP contribution in [-0.4, -0.2) is 29.6 Å². The van der Waals surface area contributed by atoms with Crippen molar-refractivity contribution in [3.63, 3.8) is 0 Å². The van der Waals surface area contributed by atoms with Crippen LogP contribution in [0.3, 0.4) is 0 Å². The quantitative estimate of drug-likeness (QED) is 0.267. The molecule has 0 N–H and O–H groups in total. The predicted octanol–water partition coefficient (Wildman–Crippen LogP) is 2.20. The Morgan fingerprint density at radius 1 is 1.62 bits per heavy atom. The highest BCUT2D eigenvalue weighted by Crippen LogP contribution is 2.21. The summed E-state index contributed by atoms with van der Waals surface area (Å²) >= 11 is 7.04. The zero-order chi connectivity index (χ0) is 12.0. The second-order valence-corrected chi connectivity index (χ2v) is 4.31. The number of aldehydes is 1. The number of rotatable bonds is 5. The van der Waals surface area contributed by atoms with Gasteiger partial charge in [0.15, 0.2) is 6.29 Å². The molecule has 1 aromatic rings. The van der Waals surface area contributed by atoms with Gasteiger partial charge in [0, 0.05) is 18.2 Å². The molecule has 16 heavy (non-hydrogen) atoms. The maximum Gasteiger partial charge on any atom is 0.302 e. The number of carbonyl (C=O) groups is 2. The highest BCUT2D eigenvalue weighted by molar-refractivity contribution is 7.99. The van der Waals surface area contributed by atoms with Crippen LogP contribution in [0.4, 0.5) is 0 Å². The molecule has 0 bridgehead atoms. The molecular weight excluding hydrogens is 250 g/mol. The van der Waals surface area contributed by atoms with Gasteiger partial charge in [0.25, 0.3) is 0 Å². The minimum atomic E-state index is -0.324. The average molecular weight is 260 g/mol. The van der Waals surface area contributed by atoms with E-state index in [2.05, 4.69) is 4.98 Å². The van der Waals surface area contributed by atoms with Crippen LogP contribution < -0.4 is 0 Å². The van der Waals surface area contributed by atoms with Crippen LogP contribution in [0.25, 0.3) is 0 Å². The van der Waals surface area contributed by atoms with E-state index in [4.69, 9.17) is 16.3 Å². The van der Waals surface area contributed by atoms with E-state index >= 15 is 0 Å². The molecule has 4 nitrogen and oxygen atoms in total. The van der Waals surface area contributed by atoms with Crippen molar-refractivity contribution < 1.29 is 14.3 Å². The lowest BCUT2D eigenvalue weighted by atomic mass is 10.3. The van der Waals surface area contributed by atoms with Crippen LogP contribution in [-0.2, 0) is 9.53 Å². The number of esters is 1. The number of pyridine rings is 1. The molecule has 6 heteroatoms. The average Bonchev–Trinajstić information content (AvgIpc) is 2.24. The summed E-state index contributed by atoms with van der Waals surface area (Å²) in [5, 5.41) is 0.884. The largest absolute Gasteiger partial charge is 0.465 e. The summed E-state index contributed by atoms with van der Waals surface area (Å²) in [6, 6.07) is 3.16. The Bertz CT molecular complexity index is 398. The number of carbonyl (C=O) groups excluding carboxylic acids is 2. The number of thioether (sulfide) groups is 1. The van der Waals surface area contributed by atoms with Crippen molar-refractivity contribution in [2.75, 3.05) is 12.4 Å². The van der Waals surface area contributed by atoms with E-state index in [9.17, 15) is 9.59 Å². The van der Waals surface area contributed by atoms with Crippen LogP contribution in [0.1, 0.15) is 17.3 Å². The lowest BCUT2D eigenvalue weighted by Gasteiger charge is -2.04. The standard InChI is InChI=1S/C10H10ClNO3S/c1-7(14)15-4-5-16-10-8(6-13)2-3-9(11)12-10/h2-3,6H,4-5H2,1H3. The number of nitrogens with zero attached hydrogens (tertiary/aromatic N) is 1. The van der Waals surface area contributed by atoms with Crippen molar-refractivity contribution in [1.29, 1.82) is 0 Å². The summed E-state index contributed by atoms with van der Waals surface area (Å²) in [4.78, 5) is 25.2. The lowest BCUT2D eigenvalue weighted by Crippen LogP contribution is -2.03. The van der Waals surface area contributed by atoms with Crippen molar-refractivity contribution in [3.8, 4) is 0 Å². The molecule has 0 saturated carbocycles. The Morgan fingerprint density at radius 3 is 3.00 bits per heavy atom. The molecular formula is C10H10ClNO3S. The Balaban J connectivity index is 2.55. The Kier molecular flexibility index (Phi) is 5.28. The van der Waals surface area contributed by atoms with E-state index in [1.54, 1.807) is 12.1 Å². The smallest absolute Gasteiger partial charge is 0.302 e. The third kappa shape index (κ3) is 4.20. The minimum absolute atomic E-state index is 0.284. The second-order valence-electron chi connectivity index (χ2n) is 2.83. The number of aromatic nitrogens is 1. The van der Waals surface area contributed by atoms with Crippen molar-refractivity contribution >= 4 is 35.6 Å². The van der Waals surface area contributed by atoms with Gasteiger partial charge in [-0.2, -0.15) is 0 Å². The van der Waals surface area contributed by atoms with Crippen molar-refractivity contribution in [3.05, 3.63) is 22.8 Å². The van der Waals surface area contributed by atoms with Gasteiger partial charge in [0.2, 0.25) is 0 Å². The molecule has 1 aromatic heterocycles. The highest BCUT2D eigenvalue weighted by atomic mass is 35.5. The van der Waals surface area contributed by atoms with Gasteiger partial charge < -0.3 is 4.74 Å². The molecule has 1 rings (SSSR count). The zero-order valence-electron chi connectivity index (χ0n) is 8.60. The monoisotopic (exact) mass is 259 g/mol. The van der Waals surface area contributed by atoms with Gasteiger partial charge in [-0.25, -0.2) is 4.98 Å². The summed E-state index contributed by atoms with van der Waals surface area (Å²) in [6.45, 7) is 1.63. The molecule has 0 atom stereocenters. The maximum atomic E-state index is 10.7. The first-order chi connectivity index (χ1) is 7.63. The Hall–Kier alpha value is -1.07. The van der Waals surface area contributed by atoms with Gasteiger partial charge in [0.05, 0.1) is 0 Å². The Labute approximate surface area is 102 Å². The number of ether oxygens (including phenoxy) is 1. The second kappa shape index (κ2) is 6.50. The summed E-state index contributed by atoms with van der Waals surface area (Å²) in [7, 11) is 0. The van der Waals surface area contributed by atoms with Crippen LogP contribution in [0.5, 0.6) is 0 Å². The van der Waals surface area contributed by atoms with Crippen molar-refractivity contribution in [2.45, 2.75) is 11.9 Å². The van der Waals surface area contributed by atoms with Gasteiger partial charge in [0.1, 0.15) is 16.8 Å². The third-order valence-corrected chi connectivity index (χ3v) is 2.79. The molecule has 0 aromatic carbocycles. The van der Waals surface area contributed by atoms with Crippen molar-refractivity contribution in [2.24, 2.45) is 0 Å². The third-order valence-electron chi connectivity index (χ3n) is 1.61. The molecule has 0 spiro atoms. The SMILES string of the molecule is CC(=O)OCCSc1nc(Cl)ccc1C=O. The number of hydrogen-bond acceptors (Lipinski definition) is 5. The van der Waals surface area contributed by atoms with Crippen LogP contribution in [0.15, 0.2) is 17.2 Å². The van der Waals surface area contributed by atoms with E-state index in [1.165, 1.54) is 18.7 Å². The van der Waals surface area contributed by atoms with Gasteiger partial charge in [-0.15, -0.1) is 11.8 Å². The van der Waals surface area contributed by atoms with Crippen molar-refractivity contribution in [1.82, 2.24) is 4.98 Å². The molecule has 0 aliphatic carbocycles. The molecule has 0 radical (unpaired) electrons. The Morgan fingerprint density at radius 2 is 2.38 bits per heavy atom.